The van der Waals surface area contributed by atoms with Crippen molar-refractivity contribution < 1.29 is 15.3 Å². The minimum Gasteiger partial charge on any atom is -0.506 e. The van der Waals surface area contributed by atoms with Crippen molar-refractivity contribution in [3.8, 4) is 17.2 Å². The monoisotopic (exact) mass is 182 g/mol. The third-order valence-corrected chi connectivity index (χ3v) is 2.58. The summed E-state index contributed by atoms with van der Waals surface area (Å²) in [5.74, 6) is -0.245. The Kier molecular flexibility index (Phi) is 1.38. The van der Waals surface area contributed by atoms with E-state index in [1.54, 1.807) is 5.38 Å². The van der Waals surface area contributed by atoms with Crippen LogP contribution in [0.15, 0.2) is 17.5 Å². The average molecular weight is 182 g/mol. The molecule has 4 heteroatoms. The van der Waals surface area contributed by atoms with Crippen molar-refractivity contribution in [2.75, 3.05) is 0 Å². The van der Waals surface area contributed by atoms with Gasteiger partial charge in [0.2, 0.25) is 0 Å². The SMILES string of the molecule is Oc1cc2scc(O)c2cc1O. The first kappa shape index (κ1) is 7.24. The fraction of sp³-hybridized carbons (Fsp3) is 0. The Balaban J connectivity index is 2.87. The van der Waals surface area contributed by atoms with Gasteiger partial charge in [-0.3, -0.25) is 0 Å². The number of hydrogen-bond acceptors (Lipinski definition) is 4. The minimum absolute atomic E-state index is 0.130. The summed E-state index contributed by atoms with van der Waals surface area (Å²) in [6.45, 7) is 0. The molecule has 0 saturated heterocycles. The van der Waals surface area contributed by atoms with Gasteiger partial charge >= 0.3 is 0 Å². The molecule has 0 atom stereocenters. The molecule has 2 aromatic rings. The molecule has 0 unspecified atom stereocenters. The van der Waals surface area contributed by atoms with Crippen molar-refractivity contribution in [3.63, 3.8) is 0 Å². The number of phenols is 2. The van der Waals surface area contributed by atoms with E-state index in [-0.39, 0.29) is 17.2 Å². The third-order valence-electron chi connectivity index (χ3n) is 1.65. The van der Waals surface area contributed by atoms with E-state index in [4.69, 9.17) is 10.2 Å². The van der Waals surface area contributed by atoms with Crippen LogP contribution >= 0.6 is 11.3 Å². The molecule has 2 rings (SSSR count). The van der Waals surface area contributed by atoms with Gasteiger partial charge in [-0.05, 0) is 6.07 Å². The lowest BCUT2D eigenvalue weighted by molar-refractivity contribution is 0.404. The molecule has 1 aromatic heterocycles. The van der Waals surface area contributed by atoms with Gasteiger partial charge < -0.3 is 15.3 Å². The predicted molar refractivity (Wildman–Crippen MR) is 46.8 cm³/mol. The molecule has 3 nitrogen and oxygen atoms in total. The van der Waals surface area contributed by atoms with Crippen molar-refractivity contribution in [1.82, 2.24) is 0 Å². The summed E-state index contributed by atoms with van der Waals surface area (Å²) in [6.07, 6.45) is 0. The van der Waals surface area contributed by atoms with E-state index in [0.717, 1.165) is 4.70 Å². The van der Waals surface area contributed by atoms with Crippen LogP contribution in [-0.2, 0) is 0 Å². The molecule has 0 saturated carbocycles. The van der Waals surface area contributed by atoms with Gasteiger partial charge in [0.05, 0.1) is 0 Å². The van der Waals surface area contributed by atoms with Crippen LogP contribution in [0.2, 0.25) is 0 Å². The van der Waals surface area contributed by atoms with Gasteiger partial charge in [0.25, 0.3) is 0 Å². The first-order valence-electron chi connectivity index (χ1n) is 3.30. The Morgan fingerprint density at radius 1 is 0.917 bits per heavy atom. The minimum atomic E-state index is -0.212. The summed E-state index contributed by atoms with van der Waals surface area (Å²) >= 11 is 1.32. The molecule has 0 amide bonds. The zero-order valence-electron chi connectivity index (χ0n) is 5.98. The van der Waals surface area contributed by atoms with Gasteiger partial charge in [0, 0.05) is 21.5 Å². The molecule has 0 spiro atoms. The molecule has 0 radical (unpaired) electrons. The maximum Gasteiger partial charge on any atom is 0.158 e. The standard InChI is InChI=1S/C8H6O3S/c9-5-1-4-7(11)3-12-8(4)2-6(5)10/h1-3,9-11H. The number of rotatable bonds is 0. The van der Waals surface area contributed by atoms with E-state index < -0.39 is 0 Å². The highest BCUT2D eigenvalue weighted by Crippen LogP contribution is 2.38. The van der Waals surface area contributed by atoms with Gasteiger partial charge in [0.1, 0.15) is 5.75 Å². The van der Waals surface area contributed by atoms with Crippen LogP contribution in [0, 0.1) is 0 Å². The first-order chi connectivity index (χ1) is 5.68. The smallest absolute Gasteiger partial charge is 0.158 e. The fourth-order valence-corrected chi connectivity index (χ4v) is 1.87. The molecule has 0 aliphatic carbocycles. The van der Waals surface area contributed by atoms with Crippen molar-refractivity contribution in [3.05, 3.63) is 17.5 Å². The summed E-state index contributed by atoms with van der Waals surface area (Å²) in [6, 6.07) is 2.77. The van der Waals surface area contributed by atoms with Gasteiger partial charge in [0.15, 0.2) is 11.5 Å². The van der Waals surface area contributed by atoms with E-state index in [1.165, 1.54) is 23.5 Å². The summed E-state index contributed by atoms with van der Waals surface area (Å²) in [4.78, 5) is 0. The van der Waals surface area contributed by atoms with Crippen LogP contribution in [0.1, 0.15) is 0 Å². The number of aromatic hydroxyl groups is 3. The largest absolute Gasteiger partial charge is 0.506 e. The Bertz CT molecular complexity index is 433. The molecule has 62 valence electrons. The molecule has 0 fully saturated rings. The first-order valence-corrected chi connectivity index (χ1v) is 4.18. The van der Waals surface area contributed by atoms with E-state index >= 15 is 0 Å². The molecule has 1 heterocycles. The average Bonchev–Trinajstić information content (AvgIpc) is 2.35. The van der Waals surface area contributed by atoms with E-state index in [1.807, 2.05) is 0 Å². The molecule has 0 bridgehead atoms. The molecule has 0 aliphatic heterocycles. The summed E-state index contributed by atoms with van der Waals surface area (Å²) < 4.78 is 0.753. The maximum atomic E-state index is 9.24. The Hall–Kier alpha value is -1.42. The van der Waals surface area contributed by atoms with Crippen LogP contribution in [0.4, 0.5) is 0 Å². The second kappa shape index (κ2) is 2.28. The highest BCUT2D eigenvalue weighted by atomic mass is 32.1. The van der Waals surface area contributed by atoms with Crippen molar-refractivity contribution in [2.45, 2.75) is 0 Å². The lowest BCUT2D eigenvalue weighted by atomic mass is 10.2. The zero-order valence-corrected chi connectivity index (χ0v) is 6.80. The molecule has 12 heavy (non-hydrogen) atoms. The van der Waals surface area contributed by atoms with Crippen LogP contribution < -0.4 is 0 Å². The molecule has 1 aromatic carbocycles. The molecular formula is C8H6O3S. The summed E-state index contributed by atoms with van der Waals surface area (Å²) in [7, 11) is 0. The van der Waals surface area contributed by atoms with Crippen LogP contribution in [0.25, 0.3) is 10.1 Å². The highest BCUT2D eigenvalue weighted by Gasteiger charge is 2.06. The summed E-state index contributed by atoms with van der Waals surface area (Å²) in [5.41, 5.74) is 0. The third kappa shape index (κ3) is 0.887. The zero-order chi connectivity index (χ0) is 8.72. The number of phenolic OH excluding ortho intramolecular Hbond substituents is 2. The number of hydrogen-bond donors (Lipinski definition) is 3. The van der Waals surface area contributed by atoms with E-state index in [2.05, 4.69) is 0 Å². The Morgan fingerprint density at radius 2 is 1.58 bits per heavy atom. The van der Waals surface area contributed by atoms with E-state index in [0.29, 0.717) is 5.39 Å². The number of fused-ring (bicyclic) bond motifs is 1. The second-order valence-corrected chi connectivity index (χ2v) is 3.37. The number of benzene rings is 1. The normalized spacial score (nSPS) is 10.7. The topological polar surface area (TPSA) is 60.7 Å². The molecule has 0 aliphatic rings. The number of thiophene rings is 1. The van der Waals surface area contributed by atoms with Gasteiger partial charge in [-0.2, -0.15) is 0 Å². The van der Waals surface area contributed by atoms with Crippen LogP contribution in [-0.4, -0.2) is 15.3 Å². The van der Waals surface area contributed by atoms with Crippen molar-refractivity contribution in [1.29, 1.82) is 0 Å². The molecule has 3 N–H and O–H groups in total. The Labute approximate surface area is 72.1 Å². The fourth-order valence-electron chi connectivity index (χ4n) is 1.04. The lowest BCUT2D eigenvalue weighted by Crippen LogP contribution is -1.68. The lowest BCUT2D eigenvalue weighted by Gasteiger charge is -1.96. The van der Waals surface area contributed by atoms with E-state index in [9.17, 15) is 5.11 Å². The van der Waals surface area contributed by atoms with Crippen molar-refractivity contribution in [2.24, 2.45) is 0 Å². The maximum absolute atomic E-state index is 9.24. The quantitative estimate of drug-likeness (QED) is 0.546. The van der Waals surface area contributed by atoms with Crippen LogP contribution in [0.5, 0.6) is 17.2 Å². The van der Waals surface area contributed by atoms with Gasteiger partial charge in [-0.1, -0.05) is 0 Å². The Morgan fingerprint density at radius 3 is 2.33 bits per heavy atom. The second-order valence-electron chi connectivity index (χ2n) is 2.46. The van der Waals surface area contributed by atoms with Gasteiger partial charge in [-0.25, -0.2) is 0 Å². The van der Waals surface area contributed by atoms with Gasteiger partial charge in [-0.15, -0.1) is 11.3 Å². The highest BCUT2D eigenvalue weighted by molar-refractivity contribution is 7.17. The molecular weight excluding hydrogens is 176 g/mol. The summed E-state index contributed by atoms with van der Waals surface area (Å²) in [5, 5.41) is 29.6. The predicted octanol–water partition coefficient (Wildman–Crippen LogP) is 2.02. The van der Waals surface area contributed by atoms with Crippen LogP contribution in [0.3, 0.4) is 0 Å². The van der Waals surface area contributed by atoms with Crippen molar-refractivity contribution >= 4 is 21.4 Å².